The number of H-pyrrole nitrogens is 1. The van der Waals surface area contributed by atoms with Crippen LogP contribution in [0.3, 0.4) is 0 Å². The normalized spacial score (nSPS) is 20.9. The Morgan fingerprint density at radius 1 is 1.29 bits per heavy atom. The smallest absolute Gasteiger partial charge is 0.245 e. The van der Waals surface area contributed by atoms with Gasteiger partial charge in [-0.05, 0) is 31.4 Å². The molecular weight excluding hydrogens is 304 g/mol. The van der Waals surface area contributed by atoms with E-state index in [1.54, 1.807) is 0 Å². The SMILES string of the molecule is N[C@@H]1CCN(c2nc(Nc3cc(C4CC4)[nH]n3)c3cccn3n2)C1. The summed E-state index contributed by atoms with van der Waals surface area (Å²) in [5, 5.41) is 15.4. The number of nitrogens with zero attached hydrogens (tertiary/aromatic N) is 5. The van der Waals surface area contributed by atoms with Gasteiger partial charge >= 0.3 is 0 Å². The Hall–Kier alpha value is -2.61. The van der Waals surface area contributed by atoms with Crippen LogP contribution in [-0.2, 0) is 0 Å². The molecular formula is C16H20N8. The third kappa shape index (κ3) is 2.39. The number of hydrogen-bond donors (Lipinski definition) is 3. The molecule has 0 aromatic carbocycles. The first-order chi connectivity index (χ1) is 11.8. The van der Waals surface area contributed by atoms with E-state index < -0.39 is 0 Å². The van der Waals surface area contributed by atoms with Gasteiger partial charge in [0.05, 0.1) is 0 Å². The molecule has 1 aliphatic heterocycles. The summed E-state index contributed by atoms with van der Waals surface area (Å²) in [6.07, 6.45) is 5.40. The molecule has 4 N–H and O–H groups in total. The van der Waals surface area contributed by atoms with E-state index in [0.29, 0.717) is 11.9 Å². The first kappa shape index (κ1) is 13.8. The van der Waals surface area contributed by atoms with Gasteiger partial charge in [-0.25, -0.2) is 4.52 Å². The van der Waals surface area contributed by atoms with Gasteiger partial charge < -0.3 is 16.0 Å². The molecule has 8 nitrogen and oxygen atoms in total. The average Bonchev–Trinajstić information content (AvgIpc) is 2.99. The number of aromatic amines is 1. The van der Waals surface area contributed by atoms with E-state index in [4.69, 9.17) is 10.7 Å². The first-order valence-electron chi connectivity index (χ1n) is 8.44. The summed E-state index contributed by atoms with van der Waals surface area (Å²) in [5.41, 5.74) is 8.15. The molecule has 0 amide bonds. The summed E-state index contributed by atoms with van der Waals surface area (Å²) in [4.78, 5) is 6.86. The van der Waals surface area contributed by atoms with Gasteiger partial charge in [0, 0.05) is 43.0 Å². The monoisotopic (exact) mass is 324 g/mol. The maximum Gasteiger partial charge on any atom is 0.245 e. The predicted octanol–water partition coefficient (Wildman–Crippen LogP) is 1.61. The van der Waals surface area contributed by atoms with Crippen LogP contribution in [0.5, 0.6) is 0 Å². The summed E-state index contributed by atoms with van der Waals surface area (Å²) < 4.78 is 1.85. The lowest BCUT2D eigenvalue weighted by Crippen LogP contribution is -2.28. The van der Waals surface area contributed by atoms with Crippen molar-refractivity contribution in [2.24, 2.45) is 5.73 Å². The summed E-state index contributed by atoms with van der Waals surface area (Å²) in [6, 6.07) is 6.23. The summed E-state index contributed by atoms with van der Waals surface area (Å²) in [5.74, 6) is 2.91. The number of nitrogens with two attached hydrogens (primary N) is 1. The predicted molar refractivity (Wildman–Crippen MR) is 91.6 cm³/mol. The number of rotatable bonds is 4. The molecule has 0 radical (unpaired) electrons. The van der Waals surface area contributed by atoms with E-state index in [1.165, 1.54) is 18.5 Å². The summed E-state index contributed by atoms with van der Waals surface area (Å²) >= 11 is 0. The Labute approximate surface area is 139 Å². The highest BCUT2D eigenvalue weighted by Gasteiger charge is 2.26. The van der Waals surface area contributed by atoms with E-state index >= 15 is 0 Å². The van der Waals surface area contributed by atoms with E-state index in [2.05, 4.69) is 31.6 Å². The van der Waals surface area contributed by atoms with E-state index in [9.17, 15) is 0 Å². The maximum absolute atomic E-state index is 6.02. The molecule has 0 unspecified atom stereocenters. The van der Waals surface area contributed by atoms with Crippen molar-refractivity contribution < 1.29 is 0 Å². The topological polar surface area (TPSA) is 100 Å². The third-order valence-corrected chi connectivity index (χ3v) is 4.75. The van der Waals surface area contributed by atoms with Gasteiger partial charge in [0.2, 0.25) is 5.95 Å². The number of anilines is 3. The van der Waals surface area contributed by atoms with Crippen LogP contribution < -0.4 is 16.0 Å². The minimum atomic E-state index is 0.192. The van der Waals surface area contributed by atoms with Crippen molar-refractivity contribution in [3.05, 3.63) is 30.1 Å². The molecule has 3 aromatic rings. The van der Waals surface area contributed by atoms with Crippen molar-refractivity contribution in [1.29, 1.82) is 0 Å². The summed E-state index contributed by atoms with van der Waals surface area (Å²) in [6.45, 7) is 1.68. The van der Waals surface area contributed by atoms with Crippen LogP contribution in [0.25, 0.3) is 5.52 Å². The fourth-order valence-electron chi connectivity index (χ4n) is 3.24. The second-order valence-corrected chi connectivity index (χ2v) is 6.70. The molecule has 1 aliphatic carbocycles. The molecule has 1 saturated carbocycles. The molecule has 4 heterocycles. The Bertz CT molecular complexity index is 877. The lowest BCUT2D eigenvalue weighted by molar-refractivity contribution is 0.747. The fraction of sp³-hybridized carbons (Fsp3) is 0.438. The summed E-state index contributed by atoms with van der Waals surface area (Å²) in [7, 11) is 0. The van der Waals surface area contributed by atoms with Gasteiger partial charge in [-0.2, -0.15) is 10.1 Å². The standard InChI is InChI=1S/C16H20N8/c17-11-5-7-23(9-11)16-19-15(13-2-1-6-24(13)22-16)18-14-8-12(20-21-14)10-3-4-10/h1-2,6,8,10-11H,3-5,7,9,17H2,(H2,18,19,20,21,22)/t11-/m1/s1. The van der Waals surface area contributed by atoms with Crippen LogP contribution >= 0.6 is 0 Å². The second kappa shape index (κ2) is 5.20. The zero-order valence-corrected chi connectivity index (χ0v) is 13.3. The molecule has 0 bridgehead atoms. The van der Waals surface area contributed by atoms with Crippen molar-refractivity contribution in [3.8, 4) is 0 Å². The van der Waals surface area contributed by atoms with Gasteiger partial charge in [0.1, 0.15) is 5.52 Å². The molecule has 3 aromatic heterocycles. The molecule has 24 heavy (non-hydrogen) atoms. The molecule has 124 valence electrons. The van der Waals surface area contributed by atoms with E-state index in [1.807, 2.05) is 22.8 Å². The van der Waals surface area contributed by atoms with Gasteiger partial charge in [-0.1, -0.05) is 0 Å². The lowest BCUT2D eigenvalue weighted by Gasteiger charge is -2.17. The zero-order valence-electron chi connectivity index (χ0n) is 13.3. The van der Waals surface area contributed by atoms with Crippen molar-refractivity contribution in [3.63, 3.8) is 0 Å². The highest BCUT2D eigenvalue weighted by molar-refractivity contribution is 5.73. The first-order valence-corrected chi connectivity index (χ1v) is 8.44. The highest BCUT2D eigenvalue weighted by atomic mass is 15.4. The number of fused-ring (bicyclic) bond motifs is 1. The molecule has 0 spiro atoms. The number of nitrogens with one attached hydrogen (secondary N) is 2. The van der Waals surface area contributed by atoms with Gasteiger partial charge in [-0.3, -0.25) is 5.10 Å². The largest absolute Gasteiger partial charge is 0.338 e. The molecule has 1 atom stereocenters. The van der Waals surface area contributed by atoms with E-state index in [-0.39, 0.29) is 6.04 Å². The van der Waals surface area contributed by atoms with Crippen molar-refractivity contribution in [1.82, 2.24) is 24.8 Å². The lowest BCUT2D eigenvalue weighted by atomic mass is 10.3. The molecule has 1 saturated heterocycles. The van der Waals surface area contributed by atoms with Crippen molar-refractivity contribution in [2.75, 3.05) is 23.3 Å². The van der Waals surface area contributed by atoms with Gasteiger partial charge in [0.25, 0.3) is 0 Å². The van der Waals surface area contributed by atoms with Gasteiger partial charge in [0.15, 0.2) is 11.6 Å². The minimum absolute atomic E-state index is 0.192. The second-order valence-electron chi connectivity index (χ2n) is 6.70. The third-order valence-electron chi connectivity index (χ3n) is 4.75. The minimum Gasteiger partial charge on any atom is -0.338 e. The van der Waals surface area contributed by atoms with Crippen LogP contribution in [0.1, 0.15) is 30.9 Å². The van der Waals surface area contributed by atoms with Crippen molar-refractivity contribution in [2.45, 2.75) is 31.2 Å². The van der Waals surface area contributed by atoms with Crippen LogP contribution in [0.4, 0.5) is 17.6 Å². The number of aromatic nitrogens is 5. The zero-order chi connectivity index (χ0) is 16.1. The van der Waals surface area contributed by atoms with E-state index in [0.717, 1.165) is 36.7 Å². The van der Waals surface area contributed by atoms with Crippen LogP contribution in [-0.4, -0.2) is 43.9 Å². The Morgan fingerprint density at radius 3 is 3.00 bits per heavy atom. The Morgan fingerprint density at radius 2 is 2.21 bits per heavy atom. The molecule has 2 aliphatic rings. The molecule has 2 fully saturated rings. The molecule has 5 rings (SSSR count). The van der Waals surface area contributed by atoms with Crippen LogP contribution in [0, 0.1) is 0 Å². The quantitative estimate of drug-likeness (QED) is 0.674. The van der Waals surface area contributed by atoms with Crippen molar-refractivity contribution >= 4 is 23.1 Å². The molecule has 8 heteroatoms. The van der Waals surface area contributed by atoms with Crippen LogP contribution in [0.15, 0.2) is 24.4 Å². The average molecular weight is 324 g/mol. The number of hydrogen-bond acceptors (Lipinski definition) is 6. The Balaban J connectivity index is 1.49. The maximum atomic E-state index is 6.02. The van der Waals surface area contributed by atoms with Gasteiger partial charge in [-0.15, -0.1) is 5.10 Å². The van der Waals surface area contributed by atoms with Crippen LogP contribution in [0.2, 0.25) is 0 Å². The fourth-order valence-corrected chi connectivity index (χ4v) is 3.24. The highest BCUT2D eigenvalue weighted by Crippen LogP contribution is 2.39. The Kier molecular flexibility index (Phi) is 2.99.